The van der Waals surface area contributed by atoms with E-state index in [1.165, 1.54) is 41.3 Å². The lowest BCUT2D eigenvalue weighted by atomic mass is 10.3. The Morgan fingerprint density at radius 1 is 1.55 bits per heavy atom. The van der Waals surface area contributed by atoms with Gasteiger partial charge in [-0.15, -0.1) is 11.3 Å². The number of thiazole rings is 1. The predicted molar refractivity (Wildman–Crippen MR) is 84.3 cm³/mol. The number of thioether (sulfide) groups is 1. The van der Waals surface area contributed by atoms with Gasteiger partial charge in [-0.05, 0) is 25.1 Å². The van der Waals surface area contributed by atoms with Crippen LogP contribution in [0.5, 0.6) is 5.75 Å². The number of carbonyl (C=O) groups excluding carboxylic acids is 1. The van der Waals surface area contributed by atoms with Gasteiger partial charge in [0.15, 0.2) is 4.34 Å². The number of halogens is 3. The van der Waals surface area contributed by atoms with Crippen LogP contribution in [-0.2, 0) is 4.79 Å². The highest BCUT2D eigenvalue weighted by molar-refractivity contribution is 8.01. The summed E-state index contributed by atoms with van der Waals surface area (Å²) in [5.41, 5.74) is 1.32. The maximum Gasteiger partial charge on any atom is 0.387 e. The third-order valence-electron chi connectivity index (χ3n) is 2.36. The maximum atomic E-state index is 12.1. The number of hydrogen-bond acceptors (Lipinski definition) is 5. The van der Waals surface area contributed by atoms with Crippen LogP contribution in [0.25, 0.3) is 0 Å². The summed E-state index contributed by atoms with van der Waals surface area (Å²) >= 11 is 8.60. The highest BCUT2D eigenvalue weighted by Gasteiger charge is 2.11. The van der Waals surface area contributed by atoms with Gasteiger partial charge in [0.05, 0.1) is 10.8 Å². The Balaban J connectivity index is 1.89. The topological polar surface area (TPSA) is 51.2 Å². The molecule has 0 aliphatic carbocycles. The van der Waals surface area contributed by atoms with E-state index < -0.39 is 6.61 Å². The highest BCUT2D eigenvalue weighted by atomic mass is 35.5. The molecule has 0 atom stereocenters. The number of alkyl halides is 2. The Morgan fingerprint density at radius 3 is 2.91 bits per heavy atom. The molecular formula is C13H11ClF2N2O2S2. The molecule has 0 bridgehead atoms. The van der Waals surface area contributed by atoms with Gasteiger partial charge >= 0.3 is 6.61 Å². The Labute approximate surface area is 138 Å². The Bertz CT molecular complexity index is 667. The summed E-state index contributed by atoms with van der Waals surface area (Å²) in [6.45, 7) is -1.07. The van der Waals surface area contributed by atoms with Gasteiger partial charge in [-0.1, -0.05) is 23.4 Å². The number of anilines is 1. The molecule has 0 saturated carbocycles. The molecule has 0 spiro atoms. The van der Waals surface area contributed by atoms with Gasteiger partial charge in [-0.3, -0.25) is 4.79 Å². The van der Waals surface area contributed by atoms with Crippen LogP contribution in [-0.4, -0.2) is 23.3 Å². The second-order valence-electron chi connectivity index (χ2n) is 4.12. The van der Waals surface area contributed by atoms with Crippen molar-refractivity contribution in [1.29, 1.82) is 0 Å². The molecule has 1 N–H and O–H groups in total. The molecule has 0 unspecified atom stereocenters. The van der Waals surface area contributed by atoms with Crippen LogP contribution in [0.3, 0.4) is 0 Å². The summed E-state index contributed by atoms with van der Waals surface area (Å²) in [6.07, 6.45) is 0. The number of aromatic nitrogens is 1. The number of amides is 1. The van der Waals surface area contributed by atoms with Crippen LogP contribution in [0.1, 0.15) is 5.69 Å². The van der Waals surface area contributed by atoms with Crippen LogP contribution in [0.15, 0.2) is 27.9 Å². The van der Waals surface area contributed by atoms with Gasteiger partial charge in [0, 0.05) is 16.8 Å². The molecule has 0 saturated heterocycles. The van der Waals surface area contributed by atoms with E-state index in [0.717, 1.165) is 10.0 Å². The Morgan fingerprint density at radius 2 is 2.32 bits per heavy atom. The molecule has 0 fully saturated rings. The van der Waals surface area contributed by atoms with Crippen molar-refractivity contribution in [2.45, 2.75) is 17.9 Å². The summed E-state index contributed by atoms with van der Waals surface area (Å²) in [6, 6.07) is 4.08. The van der Waals surface area contributed by atoms with E-state index in [-0.39, 0.29) is 22.4 Å². The average Bonchev–Trinajstić information content (AvgIpc) is 2.85. The zero-order chi connectivity index (χ0) is 16.1. The molecule has 22 heavy (non-hydrogen) atoms. The van der Waals surface area contributed by atoms with Gasteiger partial charge in [-0.25, -0.2) is 4.98 Å². The van der Waals surface area contributed by atoms with E-state index in [4.69, 9.17) is 11.6 Å². The summed E-state index contributed by atoms with van der Waals surface area (Å²) in [5, 5.41) is 4.54. The summed E-state index contributed by atoms with van der Waals surface area (Å²) in [4.78, 5) is 16.1. The lowest BCUT2D eigenvalue weighted by Gasteiger charge is -2.09. The van der Waals surface area contributed by atoms with E-state index in [1.807, 2.05) is 12.3 Å². The first-order valence-corrected chi connectivity index (χ1v) is 8.27. The zero-order valence-corrected chi connectivity index (χ0v) is 13.7. The zero-order valence-electron chi connectivity index (χ0n) is 11.3. The van der Waals surface area contributed by atoms with Crippen LogP contribution < -0.4 is 10.1 Å². The first-order valence-electron chi connectivity index (χ1n) is 6.03. The molecule has 2 rings (SSSR count). The first kappa shape index (κ1) is 17.0. The predicted octanol–water partition coefficient (Wildman–Crippen LogP) is 4.44. The quantitative estimate of drug-likeness (QED) is 0.770. The number of nitrogens with zero attached hydrogens (tertiary/aromatic N) is 1. The normalized spacial score (nSPS) is 10.8. The van der Waals surface area contributed by atoms with E-state index in [9.17, 15) is 13.6 Å². The molecule has 118 valence electrons. The van der Waals surface area contributed by atoms with Crippen LogP contribution >= 0.6 is 34.7 Å². The third-order valence-corrected chi connectivity index (χ3v) is 4.79. The van der Waals surface area contributed by atoms with Crippen molar-refractivity contribution < 1.29 is 18.3 Å². The fourth-order valence-corrected chi connectivity index (χ4v) is 3.37. The molecule has 1 amide bonds. The van der Waals surface area contributed by atoms with E-state index in [2.05, 4.69) is 15.0 Å². The van der Waals surface area contributed by atoms with E-state index in [0.29, 0.717) is 5.69 Å². The minimum absolute atomic E-state index is 0.00120. The third kappa shape index (κ3) is 5.11. The minimum atomic E-state index is -2.95. The molecule has 1 heterocycles. The fraction of sp³-hybridized carbons (Fsp3) is 0.231. The average molecular weight is 365 g/mol. The van der Waals surface area contributed by atoms with Crippen molar-refractivity contribution in [3.8, 4) is 5.75 Å². The van der Waals surface area contributed by atoms with Crippen molar-refractivity contribution in [2.24, 2.45) is 0 Å². The van der Waals surface area contributed by atoms with E-state index in [1.54, 1.807) is 0 Å². The van der Waals surface area contributed by atoms with Crippen molar-refractivity contribution in [2.75, 3.05) is 11.1 Å². The number of hydrogen-bond donors (Lipinski definition) is 1. The van der Waals surface area contributed by atoms with Gasteiger partial charge in [0.2, 0.25) is 5.91 Å². The molecular weight excluding hydrogens is 354 g/mol. The number of benzene rings is 1. The van der Waals surface area contributed by atoms with Gasteiger partial charge in [0.25, 0.3) is 0 Å². The molecule has 1 aromatic carbocycles. The summed E-state index contributed by atoms with van der Waals surface area (Å²) in [7, 11) is 0. The van der Waals surface area contributed by atoms with Crippen molar-refractivity contribution in [3.63, 3.8) is 0 Å². The first-order chi connectivity index (χ1) is 10.4. The smallest absolute Gasteiger partial charge is 0.387 e. The van der Waals surface area contributed by atoms with Crippen LogP contribution in [0, 0.1) is 6.92 Å². The monoisotopic (exact) mass is 364 g/mol. The molecule has 9 heteroatoms. The Kier molecular flexibility index (Phi) is 5.98. The minimum Gasteiger partial charge on any atom is -0.433 e. The summed E-state index contributed by atoms with van der Waals surface area (Å²) in [5.74, 6) is -0.182. The molecule has 0 radical (unpaired) electrons. The van der Waals surface area contributed by atoms with Gasteiger partial charge in [0.1, 0.15) is 5.75 Å². The van der Waals surface area contributed by atoms with Gasteiger partial charge in [-0.2, -0.15) is 8.78 Å². The number of nitrogens with one attached hydrogen (secondary N) is 1. The van der Waals surface area contributed by atoms with Crippen molar-refractivity contribution in [3.05, 3.63) is 34.3 Å². The molecule has 1 aromatic heterocycles. The lowest BCUT2D eigenvalue weighted by Crippen LogP contribution is -2.14. The molecule has 0 aliphatic rings. The number of carbonyl (C=O) groups is 1. The van der Waals surface area contributed by atoms with Crippen LogP contribution in [0.4, 0.5) is 14.5 Å². The van der Waals surface area contributed by atoms with Crippen molar-refractivity contribution >= 4 is 46.3 Å². The largest absolute Gasteiger partial charge is 0.433 e. The number of ether oxygens (including phenoxy) is 1. The second-order valence-corrected chi connectivity index (χ2v) is 6.60. The SMILES string of the molecule is Cc1csc(SCC(=O)Nc2ccc(OC(F)F)c(Cl)c2)n1. The second kappa shape index (κ2) is 7.75. The Hall–Kier alpha value is -1.38. The lowest BCUT2D eigenvalue weighted by molar-refractivity contribution is -0.113. The van der Waals surface area contributed by atoms with E-state index >= 15 is 0 Å². The molecule has 2 aromatic rings. The number of rotatable bonds is 6. The number of aryl methyl sites for hydroxylation is 1. The van der Waals surface area contributed by atoms with Crippen LogP contribution in [0.2, 0.25) is 5.02 Å². The fourth-order valence-electron chi connectivity index (χ4n) is 1.49. The molecule has 4 nitrogen and oxygen atoms in total. The maximum absolute atomic E-state index is 12.1. The van der Waals surface area contributed by atoms with Crippen molar-refractivity contribution in [1.82, 2.24) is 4.98 Å². The highest BCUT2D eigenvalue weighted by Crippen LogP contribution is 2.29. The standard InChI is InChI=1S/C13H11ClF2N2O2S2/c1-7-5-21-13(17-7)22-6-11(19)18-8-2-3-10(9(14)4-8)20-12(15)16/h2-5,12H,6H2,1H3,(H,18,19). The molecule has 0 aliphatic heterocycles. The summed E-state index contributed by atoms with van der Waals surface area (Å²) < 4.78 is 29.3. The van der Waals surface area contributed by atoms with Gasteiger partial charge < -0.3 is 10.1 Å².